The van der Waals surface area contributed by atoms with Crippen molar-refractivity contribution in [1.29, 1.82) is 0 Å². The second-order valence-corrected chi connectivity index (χ2v) is 4.95. The first-order valence-electron chi connectivity index (χ1n) is 6.74. The van der Waals surface area contributed by atoms with E-state index in [0.29, 0.717) is 5.92 Å². The van der Waals surface area contributed by atoms with Crippen LogP contribution >= 0.6 is 0 Å². The van der Waals surface area contributed by atoms with E-state index < -0.39 is 0 Å². The zero-order valence-electron chi connectivity index (χ0n) is 12.5. The Bertz CT molecular complexity index is 394. The Morgan fingerprint density at radius 2 is 1.89 bits per heavy atom. The lowest BCUT2D eigenvalue weighted by molar-refractivity contribution is 0.393. The Morgan fingerprint density at radius 3 is 2.47 bits per heavy atom. The summed E-state index contributed by atoms with van der Waals surface area (Å²) in [5.41, 5.74) is 7.75. The average Bonchev–Trinajstić information content (AvgIpc) is 2.40. The molecule has 0 spiro atoms. The Balaban J connectivity index is 2.66. The molecule has 0 fully saturated rings. The van der Waals surface area contributed by atoms with Crippen molar-refractivity contribution < 1.29 is 9.47 Å². The molecule has 1 aromatic rings. The van der Waals surface area contributed by atoms with Crippen molar-refractivity contribution in [2.45, 2.75) is 26.8 Å². The van der Waals surface area contributed by atoms with E-state index in [1.165, 1.54) is 0 Å². The molecule has 0 aliphatic heterocycles. The number of ether oxygens (including phenoxy) is 2. The van der Waals surface area contributed by atoms with Crippen LogP contribution in [0.5, 0.6) is 11.5 Å². The van der Waals surface area contributed by atoms with Gasteiger partial charge in [0.1, 0.15) is 11.5 Å². The van der Waals surface area contributed by atoms with Crippen molar-refractivity contribution in [1.82, 2.24) is 5.32 Å². The van der Waals surface area contributed by atoms with Gasteiger partial charge in [-0.2, -0.15) is 0 Å². The van der Waals surface area contributed by atoms with E-state index in [2.05, 4.69) is 12.2 Å². The minimum atomic E-state index is 0.586. The van der Waals surface area contributed by atoms with Crippen LogP contribution in [0.2, 0.25) is 0 Å². The van der Waals surface area contributed by atoms with Crippen LogP contribution in [0.15, 0.2) is 12.1 Å². The van der Waals surface area contributed by atoms with Gasteiger partial charge in [-0.1, -0.05) is 6.92 Å². The van der Waals surface area contributed by atoms with Crippen molar-refractivity contribution in [2.24, 2.45) is 11.7 Å². The molecule has 0 aliphatic carbocycles. The van der Waals surface area contributed by atoms with Crippen molar-refractivity contribution in [2.75, 3.05) is 27.3 Å². The maximum atomic E-state index is 5.55. The standard InChI is InChI=1S/C15H26N2O2/c1-11(5-6-16)9-17-10-13-8-14(18-3)12(2)7-15(13)19-4/h7-8,11,17H,5-6,9-10,16H2,1-4H3. The van der Waals surface area contributed by atoms with Crippen LogP contribution in [-0.2, 0) is 6.54 Å². The molecule has 0 bridgehead atoms. The van der Waals surface area contributed by atoms with E-state index in [9.17, 15) is 0 Å². The summed E-state index contributed by atoms with van der Waals surface area (Å²) in [6.07, 6.45) is 1.04. The molecule has 3 N–H and O–H groups in total. The monoisotopic (exact) mass is 266 g/mol. The highest BCUT2D eigenvalue weighted by molar-refractivity contribution is 5.45. The predicted octanol–water partition coefficient (Wildman–Crippen LogP) is 2.09. The molecule has 4 heteroatoms. The SMILES string of the molecule is COc1cc(CNCC(C)CCN)c(OC)cc1C. The van der Waals surface area contributed by atoms with Crippen molar-refractivity contribution in [3.63, 3.8) is 0 Å². The Hall–Kier alpha value is -1.26. The van der Waals surface area contributed by atoms with Gasteiger partial charge in [-0.25, -0.2) is 0 Å². The van der Waals surface area contributed by atoms with Crippen LogP contribution in [0, 0.1) is 12.8 Å². The van der Waals surface area contributed by atoms with Gasteiger partial charge in [0.2, 0.25) is 0 Å². The molecular weight excluding hydrogens is 240 g/mol. The van der Waals surface area contributed by atoms with Gasteiger partial charge >= 0.3 is 0 Å². The van der Waals surface area contributed by atoms with E-state index >= 15 is 0 Å². The summed E-state index contributed by atoms with van der Waals surface area (Å²) < 4.78 is 10.8. The number of methoxy groups -OCH3 is 2. The zero-order valence-corrected chi connectivity index (χ0v) is 12.5. The number of aryl methyl sites for hydroxylation is 1. The lowest BCUT2D eigenvalue weighted by Crippen LogP contribution is -2.22. The summed E-state index contributed by atoms with van der Waals surface area (Å²) in [6.45, 7) is 6.69. The lowest BCUT2D eigenvalue weighted by Gasteiger charge is -2.15. The van der Waals surface area contributed by atoms with E-state index in [0.717, 1.165) is 48.7 Å². The molecule has 0 saturated carbocycles. The second-order valence-electron chi connectivity index (χ2n) is 4.95. The molecule has 19 heavy (non-hydrogen) atoms. The molecule has 0 radical (unpaired) electrons. The molecule has 1 rings (SSSR count). The van der Waals surface area contributed by atoms with E-state index in [-0.39, 0.29) is 0 Å². The second kappa shape index (κ2) is 8.02. The number of rotatable bonds is 8. The molecule has 0 saturated heterocycles. The largest absolute Gasteiger partial charge is 0.496 e. The number of hydrogen-bond donors (Lipinski definition) is 2. The summed E-state index contributed by atoms with van der Waals surface area (Å²) in [7, 11) is 3.39. The maximum absolute atomic E-state index is 5.55. The third-order valence-corrected chi connectivity index (χ3v) is 3.27. The summed E-state index contributed by atoms with van der Waals surface area (Å²) in [5.74, 6) is 2.38. The van der Waals surface area contributed by atoms with Gasteiger partial charge in [-0.3, -0.25) is 0 Å². The Kier molecular flexibility index (Phi) is 6.67. The van der Waals surface area contributed by atoms with Gasteiger partial charge in [0.05, 0.1) is 14.2 Å². The van der Waals surface area contributed by atoms with Crippen molar-refractivity contribution in [3.8, 4) is 11.5 Å². The molecule has 1 unspecified atom stereocenters. The zero-order chi connectivity index (χ0) is 14.3. The van der Waals surface area contributed by atoms with Gasteiger partial charge in [-0.05, 0) is 50.0 Å². The highest BCUT2D eigenvalue weighted by Gasteiger charge is 2.09. The molecule has 0 aliphatic rings. The molecule has 0 aromatic heterocycles. The fraction of sp³-hybridized carbons (Fsp3) is 0.600. The molecule has 1 aromatic carbocycles. The highest BCUT2D eigenvalue weighted by atomic mass is 16.5. The first-order valence-corrected chi connectivity index (χ1v) is 6.74. The normalized spacial score (nSPS) is 12.3. The molecule has 0 amide bonds. The Labute approximate surface area is 116 Å². The fourth-order valence-corrected chi connectivity index (χ4v) is 2.09. The van der Waals surface area contributed by atoms with Gasteiger partial charge in [0.25, 0.3) is 0 Å². The summed E-state index contributed by atoms with van der Waals surface area (Å²) >= 11 is 0. The summed E-state index contributed by atoms with van der Waals surface area (Å²) in [5, 5.41) is 3.44. The fourth-order valence-electron chi connectivity index (χ4n) is 2.09. The van der Waals surface area contributed by atoms with Gasteiger partial charge in [0.15, 0.2) is 0 Å². The minimum absolute atomic E-state index is 0.586. The third-order valence-electron chi connectivity index (χ3n) is 3.27. The van der Waals surface area contributed by atoms with E-state index in [4.69, 9.17) is 15.2 Å². The number of nitrogens with two attached hydrogens (primary N) is 1. The van der Waals surface area contributed by atoms with E-state index in [1.807, 2.05) is 19.1 Å². The molecule has 1 atom stereocenters. The molecule has 0 heterocycles. The molecular formula is C15H26N2O2. The highest BCUT2D eigenvalue weighted by Crippen LogP contribution is 2.28. The van der Waals surface area contributed by atoms with Crippen molar-refractivity contribution in [3.05, 3.63) is 23.3 Å². The van der Waals surface area contributed by atoms with Crippen LogP contribution in [-0.4, -0.2) is 27.3 Å². The first-order chi connectivity index (χ1) is 9.12. The minimum Gasteiger partial charge on any atom is -0.496 e. The van der Waals surface area contributed by atoms with Gasteiger partial charge < -0.3 is 20.5 Å². The average molecular weight is 266 g/mol. The van der Waals surface area contributed by atoms with Crippen LogP contribution in [0.4, 0.5) is 0 Å². The number of hydrogen-bond acceptors (Lipinski definition) is 4. The summed E-state index contributed by atoms with van der Waals surface area (Å²) in [6, 6.07) is 4.05. The van der Waals surface area contributed by atoms with Crippen LogP contribution in [0.25, 0.3) is 0 Å². The van der Waals surface area contributed by atoms with Crippen molar-refractivity contribution >= 4 is 0 Å². The van der Waals surface area contributed by atoms with Gasteiger partial charge in [-0.15, -0.1) is 0 Å². The number of benzene rings is 1. The lowest BCUT2D eigenvalue weighted by atomic mass is 10.1. The summed E-state index contributed by atoms with van der Waals surface area (Å²) in [4.78, 5) is 0. The smallest absolute Gasteiger partial charge is 0.123 e. The van der Waals surface area contributed by atoms with E-state index in [1.54, 1.807) is 14.2 Å². The predicted molar refractivity (Wildman–Crippen MR) is 78.8 cm³/mol. The maximum Gasteiger partial charge on any atom is 0.123 e. The first kappa shape index (κ1) is 15.8. The Morgan fingerprint density at radius 1 is 1.21 bits per heavy atom. The van der Waals surface area contributed by atoms with Crippen LogP contribution in [0.1, 0.15) is 24.5 Å². The molecule has 4 nitrogen and oxygen atoms in total. The third kappa shape index (κ3) is 4.73. The van der Waals surface area contributed by atoms with Gasteiger partial charge in [0, 0.05) is 12.1 Å². The van der Waals surface area contributed by atoms with Crippen LogP contribution < -0.4 is 20.5 Å². The van der Waals surface area contributed by atoms with Crippen LogP contribution in [0.3, 0.4) is 0 Å². The topological polar surface area (TPSA) is 56.5 Å². The quantitative estimate of drug-likeness (QED) is 0.756. The molecule has 108 valence electrons. The number of nitrogens with one attached hydrogen (secondary N) is 1.